The number of sulfonamides is 1. The molecule has 0 bridgehead atoms. The van der Waals surface area contributed by atoms with Gasteiger partial charge in [0.2, 0.25) is 10.0 Å². The van der Waals surface area contributed by atoms with Gasteiger partial charge in [-0.25, -0.2) is 8.42 Å². The van der Waals surface area contributed by atoms with E-state index in [1.54, 1.807) is 7.05 Å². The van der Waals surface area contributed by atoms with Gasteiger partial charge in [0, 0.05) is 6.54 Å². The molecule has 0 radical (unpaired) electrons. The van der Waals surface area contributed by atoms with Gasteiger partial charge in [0.1, 0.15) is 0 Å². The Labute approximate surface area is 93.1 Å². The van der Waals surface area contributed by atoms with Gasteiger partial charge in [-0.2, -0.15) is 4.31 Å². The van der Waals surface area contributed by atoms with Gasteiger partial charge in [0.25, 0.3) is 0 Å². The zero-order valence-corrected chi connectivity index (χ0v) is 10.3. The van der Waals surface area contributed by atoms with Crippen molar-refractivity contribution in [3.05, 3.63) is 0 Å². The van der Waals surface area contributed by atoms with Crippen molar-refractivity contribution in [2.45, 2.75) is 19.8 Å². The Morgan fingerprint density at radius 1 is 1.47 bits per heavy atom. The van der Waals surface area contributed by atoms with Crippen molar-refractivity contribution in [3.8, 4) is 12.3 Å². The molecule has 15 heavy (non-hydrogen) atoms. The third-order valence-electron chi connectivity index (χ3n) is 1.96. The lowest BCUT2D eigenvalue weighted by molar-refractivity contribution is 0.444. The van der Waals surface area contributed by atoms with E-state index in [0.29, 0.717) is 19.5 Å². The molecule has 4 nitrogen and oxygen atoms in total. The van der Waals surface area contributed by atoms with Gasteiger partial charge in [-0.05, 0) is 26.4 Å². The first-order valence-electron chi connectivity index (χ1n) is 5.14. The van der Waals surface area contributed by atoms with Gasteiger partial charge >= 0.3 is 0 Å². The van der Waals surface area contributed by atoms with Crippen LogP contribution in [-0.2, 0) is 10.0 Å². The van der Waals surface area contributed by atoms with Crippen LogP contribution >= 0.6 is 0 Å². The van der Waals surface area contributed by atoms with Crippen LogP contribution in [0.1, 0.15) is 19.8 Å². The molecule has 0 aliphatic carbocycles. The molecule has 0 aromatic carbocycles. The zero-order valence-electron chi connectivity index (χ0n) is 9.49. The van der Waals surface area contributed by atoms with E-state index in [1.165, 1.54) is 4.31 Å². The Morgan fingerprint density at radius 3 is 2.60 bits per heavy atom. The van der Waals surface area contributed by atoms with E-state index in [9.17, 15) is 8.42 Å². The van der Waals surface area contributed by atoms with Gasteiger partial charge in [-0.15, -0.1) is 6.42 Å². The van der Waals surface area contributed by atoms with E-state index < -0.39 is 10.0 Å². The Balaban J connectivity index is 4.30. The summed E-state index contributed by atoms with van der Waals surface area (Å²) in [6, 6.07) is 0. The minimum absolute atomic E-state index is 0.162. The van der Waals surface area contributed by atoms with Crippen molar-refractivity contribution in [2.75, 3.05) is 32.4 Å². The van der Waals surface area contributed by atoms with Crippen LogP contribution in [0.25, 0.3) is 0 Å². The second-order valence-corrected chi connectivity index (χ2v) is 5.40. The lowest BCUT2D eigenvalue weighted by Crippen LogP contribution is -2.34. The first-order valence-corrected chi connectivity index (χ1v) is 6.75. The third kappa shape index (κ3) is 5.78. The maximum absolute atomic E-state index is 11.8. The average Bonchev–Trinajstić information content (AvgIpc) is 2.18. The van der Waals surface area contributed by atoms with Crippen molar-refractivity contribution in [1.82, 2.24) is 9.62 Å². The second-order valence-electron chi connectivity index (χ2n) is 3.31. The average molecular weight is 232 g/mol. The van der Waals surface area contributed by atoms with Crippen LogP contribution in [0.15, 0.2) is 0 Å². The largest absolute Gasteiger partial charge is 0.320 e. The van der Waals surface area contributed by atoms with Gasteiger partial charge in [-0.3, -0.25) is 0 Å². The monoisotopic (exact) mass is 232 g/mol. The first kappa shape index (κ1) is 14.4. The van der Waals surface area contributed by atoms with Crippen molar-refractivity contribution < 1.29 is 8.42 Å². The summed E-state index contributed by atoms with van der Waals surface area (Å²) in [5.74, 6) is 2.54. The van der Waals surface area contributed by atoms with E-state index in [-0.39, 0.29) is 12.3 Å². The van der Waals surface area contributed by atoms with Gasteiger partial charge in [0.05, 0.1) is 12.3 Å². The topological polar surface area (TPSA) is 49.4 Å². The Bertz CT molecular complexity index is 293. The molecule has 0 atom stereocenters. The van der Waals surface area contributed by atoms with Crippen molar-refractivity contribution in [1.29, 1.82) is 0 Å². The van der Waals surface area contributed by atoms with Crippen LogP contribution in [0.2, 0.25) is 0 Å². The molecule has 0 rings (SSSR count). The quantitative estimate of drug-likeness (QED) is 0.483. The highest BCUT2D eigenvalue weighted by atomic mass is 32.2. The molecular formula is C10H20N2O2S. The Kier molecular flexibility index (Phi) is 7.39. The van der Waals surface area contributed by atoms with Gasteiger partial charge in [-0.1, -0.05) is 12.8 Å². The molecule has 0 amide bonds. The Hall–Kier alpha value is -0.570. The van der Waals surface area contributed by atoms with Crippen LogP contribution in [0.4, 0.5) is 0 Å². The van der Waals surface area contributed by atoms with E-state index in [1.807, 2.05) is 6.92 Å². The standard InChI is InChI=1S/C10H20N2O2S/c1-4-8-12(9-5-2)15(13,14)10-6-7-11-3/h1,11H,5-10H2,2-3H3. The number of rotatable bonds is 8. The predicted molar refractivity (Wildman–Crippen MR) is 63.0 cm³/mol. The zero-order chi connectivity index (χ0) is 11.7. The highest BCUT2D eigenvalue weighted by molar-refractivity contribution is 7.89. The molecule has 0 aliphatic rings. The number of hydrogen-bond donors (Lipinski definition) is 1. The smallest absolute Gasteiger partial charge is 0.215 e. The fourth-order valence-corrected chi connectivity index (χ4v) is 2.73. The summed E-state index contributed by atoms with van der Waals surface area (Å²) in [5, 5.41) is 2.92. The maximum Gasteiger partial charge on any atom is 0.215 e. The molecule has 1 N–H and O–H groups in total. The minimum atomic E-state index is -3.17. The van der Waals surface area contributed by atoms with E-state index in [2.05, 4.69) is 11.2 Å². The van der Waals surface area contributed by atoms with Crippen molar-refractivity contribution in [3.63, 3.8) is 0 Å². The number of nitrogens with zero attached hydrogens (tertiary/aromatic N) is 1. The summed E-state index contributed by atoms with van der Waals surface area (Å²) >= 11 is 0. The van der Waals surface area contributed by atoms with Crippen molar-refractivity contribution in [2.24, 2.45) is 0 Å². The van der Waals surface area contributed by atoms with Crippen molar-refractivity contribution >= 4 is 10.0 Å². The van der Waals surface area contributed by atoms with Crippen LogP contribution < -0.4 is 5.32 Å². The molecule has 0 aliphatic heterocycles. The number of terminal acetylenes is 1. The van der Waals surface area contributed by atoms with Gasteiger partial charge in [0.15, 0.2) is 0 Å². The molecule has 0 saturated carbocycles. The lowest BCUT2D eigenvalue weighted by Gasteiger charge is -2.18. The van der Waals surface area contributed by atoms with Gasteiger partial charge < -0.3 is 5.32 Å². The van der Waals surface area contributed by atoms with Crippen LogP contribution in [0.3, 0.4) is 0 Å². The molecule has 0 spiro atoms. The summed E-state index contributed by atoms with van der Waals surface area (Å²) in [7, 11) is -1.36. The fourth-order valence-electron chi connectivity index (χ4n) is 1.23. The normalized spacial score (nSPS) is 11.6. The molecule has 0 fully saturated rings. The SMILES string of the molecule is C#CCN(CCC)S(=O)(=O)CCCNC. The molecule has 88 valence electrons. The number of nitrogens with one attached hydrogen (secondary N) is 1. The first-order chi connectivity index (χ1) is 7.08. The third-order valence-corrected chi connectivity index (χ3v) is 3.87. The van der Waals surface area contributed by atoms with Crippen LogP contribution in [0, 0.1) is 12.3 Å². The summed E-state index contributed by atoms with van der Waals surface area (Å²) in [6.45, 7) is 3.32. The van der Waals surface area contributed by atoms with E-state index >= 15 is 0 Å². The molecule has 0 unspecified atom stereocenters. The Morgan fingerprint density at radius 2 is 2.13 bits per heavy atom. The molecular weight excluding hydrogens is 212 g/mol. The molecule has 0 aromatic heterocycles. The molecule has 5 heteroatoms. The second kappa shape index (κ2) is 7.69. The minimum Gasteiger partial charge on any atom is -0.320 e. The van der Waals surface area contributed by atoms with Crippen LogP contribution in [0.5, 0.6) is 0 Å². The summed E-state index contributed by atoms with van der Waals surface area (Å²) in [4.78, 5) is 0. The number of hydrogen-bond acceptors (Lipinski definition) is 3. The molecule has 0 saturated heterocycles. The highest BCUT2D eigenvalue weighted by Crippen LogP contribution is 2.03. The summed E-state index contributed by atoms with van der Waals surface area (Å²) in [6.07, 6.45) is 6.54. The fraction of sp³-hybridized carbons (Fsp3) is 0.800. The summed E-state index contributed by atoms with van der Waals surface area (Å²) < 4.78 is 25.0. The highest BCUT2D eigenvalue weighted by Gasteiger charge is 2.19. The van der Waals surface area contributed by atoms with E-state index in [0.717, 1.165) is 6.42 Å². The van der Waals surface area contributed by atoms with Crippen LogP contribution in [-0.4, -0.2) is 45.2 Å². The molecule has 0 heterocycles. The maximum atomic E-state index is 11.8. The lowest BCUT2D eigenvalue weighted by atomic mass is 10.5. The predicted octanol–water partition coefficient (Wildman–Crippen LogP) is 0.271. The van der Waals surface area contributed by atoms with E-state index in [4.69, 9.17) is 6.42 Å². The molecule has 0 aromatic rings. The summed E-state index contributed by atoms with van der Waals surface area (Å²) in [5.41, 5.74) is 0.